The van der Waals surface area contributed by atoms with Crippen molar-refractivity contribution in [3.05, 3.63) is 59.4 Å². The van der Waals surface area contributed by atoms with Gasteiger partial charge >= 0.3 is 0 Å². The molecule has 1 aliphatic heterocycles. The molecule has 0 saturated heterocycles. The Morgan fingerprint density at radius 2 is 2.03 bits per heavy atom. The molecule has 7 nitrogen and oxygen atoms in total. The number of furan rings is 1. The van der Waals surface area contributed by atoms with Gasteiger partial charge in [0.25, 0.3) is 10.0 Å². The molecule has 4 rings (SSSR count). The highest BCUT2D eigenvalue weighted by molar-refractivity contribution is 7.90. The first-order valence-electron chi connectivity index (χ1n) is 10.7. The smallest absolute Gasteiger partial charge is 0.262 e. The zero-order valence-corrected chi connectivity index (χ0v) is 19.3. The van der Waals surface area contributed by atoms with Crippen LogP contribution in [0.3, 0.4) is 0 Å². The summed E-state index contributed by atoms with van der Waals surface area (Å²) in [7, 11) is -3.74. The lowest BCUT2D eigenvalue weighted by Gasteiger charge is -2.11. The van der Waals surface area contributed by atoms with Crippen LogP contribution >= 0.6 is 0 Å². The molecule has 0 fully saturated rings. The number of benzene rings is 2. The maximum atomic E-state index is 12.7. The van der Waals surface area contributed by atoms with Crippen molar-refractivity contribution < 1.29 is 17.6 Å². The van der Waals surface area contributed by atoms with E-state index < -0.39 is 10.0 Å². The van der Waals surface area contributed by atoms with Gasteiger partial charge in [0.1, 0.15) is 11.4 Å². The molecule has 0 saturated carbocycles. The number of hydrogen-bond acceptors (Lipinski definition) is 5. The lowest BCUT2D eigenvalue weighted by atomic mass is 9.95. The normalized spacial score (nSPS) is 14.1. The highest BCUT2D eigenvalue weighted by Gasteiger charge is 2.19. The SMILES string of the molecule is Cc1cc2occ(CC(=O)Nc3cccc(S(=O)(=O)NC4=NCCC4)c3)c2cc1C(C)C. The molecule has 0 spiro atoms. The monoisotopic (exact) mass is 453 g/mol. The van der Waals surface area contributed by atoms with Crippen molar-refractivity contribution in [1.82, 2.24) is 4.72 Å². The van der Waals surface area contributed by atoms with Gasteiger partial charge in [0.2, 0.25) is 5.91 Å². The van der Waals surface area contributed by atoms with Gasteiger partial charge in [0.15, 0.2) is 0 Å². The Balaban J connectivity index is 1.50. The fourth-order valence-corrected chi connectivity index (χ4v) is 5.09. The molecule has 2 N–H and O–H groups in total. The van der Waals surface area contributed by atoms with Crippen LogP contribution in [0.5, 0.6) is 0 Å². The second-order valence-electron chi connectivity index (χ2n) is 8.41. The van der Waals surface area contributed by atoms with Crippen molar-refractivity contribution in [2.75, 3.05) is 11.9 Å². The van der Waals surface area contributed by atoms with Gasteiger partial charge in [0.05, 0.1) is 17.6 Å². The van der Waals surface area contributed by atoms with E-state index in [0.29, 0.717) is 30.4 Å². The number of carbonyl (C=O) groups excluding carboxylic acids is 1. The molecule has 0 unspecified atom stereocenters. The quantitative estimate of drug-likeness (QED) is 0.573. The minimum atomic E-state index is -3.74. The second-order valence-corrected chi connectivity index (χ2v) is 10.1. The van der Waals surface area contributed by atoms with E-state index in [1.54, 1.807) is 18.4 Å². The van der Waals surface area contributed by atoms with Crippen LogP contribution in [0.1, 0.15) is 49.3 Å². The predicted octanol–water partition coefficient (Wildman–Crippen LogP) is 4.52. The van der Waals surface area contributed by atoms with E-state index in [9.17, 15) is 13.2 Å². The largest absolute Gasteiger partial charge is 0.464 e. The third-order valence-corrected chi connectivity index (χ3v) is 6.95. The van der Waals surface area contributed by atoms with Crippen LogP contribution < -0.4 is 10.0 Å². The predicted molar refractivity (Wildman–Crippen MR) is 126 cm³/mol. The van der Waals surface area contributed by atoms with E-state index in [-0.39, 0.29) is 17.2 Å². The molecule has 0 atom stereocenters. The zero-order chi connectivity index (χ0) is 22.9. The van der Waals surface area contributed by atoms with Gasteiger partial charge in [0, 0.05) is 29.6 Å². The second kappa shape index (κ2) is 8.78. The number of fused-ring (bicyclic) bond motifs is 1. The van der Waals surface area contributed by atoms with Crippen LogP contribution in [0.4, 0.5) is 5.69 Å². The summed E-state index contributed by atoms with van der Waals surface area (Å²) >= 11 is 0. The molecule has 168 valence electrons. The Morgan fingerprint density at radius 3 is 2.75 bits per heavy atom. The first-order chi connectivity index (χ1) is 15.2. The summed E-state index contributed by atoms with van der Waals surface area (Å²) in [5.41, 5.74) is 4.34. The third-order valence-electron chi connectivity index (χ3n) is 5.57. The Hall–Kier alpha value is -3.13. The lowest BCUT2D eigenvalue weighted by molar-refractivity contribution is -0.115. The number of hydrogen-bond donors (Lipinski definition) is 2. The fourth-order valence-electron chi connectivity index (χ4n) is 3.96. The summed E-state index contributed by atoms with van der Waals surface area (Å²) in [6, 6.07) is 10.3. The highest BCUT2D eigenvalue weighted by atomic mass is 32.2. The summed E-state index contributed by atoms with van der Waals surface area (Å²) in [5.74, 6) is 0.591. The standard InChI is InChI=1S/C24H27N3O4S/c1-15(2)20-13-21-17(14-31-22(21)10-16(20)3)11-24(28)26-18-6-4-7-19(12-18)32(29,30)27-23-8-5-9-25-23/h4,6-7,10,12-15H,5,8-9,11H2,1-3H3,(H,25,27)(H,26,28). The van der Waals surface area contributed by atoms with Gasteiger partial charge in [-0.05, 0) is 60.7 Å². The summed E-state index contributed by atoms with van der Waals surface area (Å²) in [6.45, 7) is 6.96. The maximum absolute atomic E-state index is 12.7. The van der Waals surface area contributed by atoms with Crippen molar-refractivity contribution in [2.24, 2.45) is 4.99 Å². The summed E-state index contributed by atoms with van der Waals surface area (Å²) in [4.78, 5) is 16.9. The van der Waals surface area contributed by atoms with Gasteiger partial charge in [-0.15, -0.1) is 0 Å². The summed E-state index contributed by atoms with van der Waals surface area (Å²) in [6.07, 6.45) is 3.20. The minimum absolute atomic E-state index is 0.0794. The first-order valence-corrected chi connectivity index (χ1v) is 12.2. The maximum Gasteiger partial charge on any atom is 0.262 e. The fraction of sp³-hybridized carbons (Fsp3) is 0.333. The van der Waals surface area contributed by atoms with E-state index >= 15 is 0 Å². The number of sulfonamides is 1. The van der Waals surface area contributed by atoms with Crippen LogP contribution in [-0.4, -0.2) is 26.7 Å². The van der Waals surface area contributed by atoms with Crippen LogP contribution in [0.2, 0.25) is 0 Å². The number of carbonyl (C=O) groups is 1. The van der Waals surface area contributed by atoms with Gasteiger partial charge in [-0.2, -0.15) is 0 Å². The Morgan fingerprint density at radius 1 is 1.22 bits per heavy atom. The molecule has 1 amide bonds. The molecule has 1 aliphatic rings. The lowest BCUT2D eigenvalue weighted by Crippen LogP contribution is -2.29. The summed E-state index contributed by atoms with van der Waals surface area (Å²) < 4.78 is 33.4. The molecular formula is C24H27N3O4S. The number of nitrogens with one attached hydrogen (secondary N) is 2. The number of amidine groups is 1. The zero-order valence-electron chi connectivity index (χ0n) is 18.4. The van der Waals surface area contributed by atoms with Crippen LogP contribution in [0.15, 0.2) is 57.0 Å². The minimum Gasteiger partial charge on any atom is -0.464 e. The highest BCUT2D eigenvalue weighted by Crippen LogP contribution is 2.29. The van der Waals surface area contributed by atoms with Crippen molar-refractivity contribution in [3.63, 3.8) is 0 Å². The number of amides is 1. The van der Waals surface area contributed by atoms with Crippen LogP contribution in [-0.2, 0) is 21.2 Å². The topological polar surface area (TPSA) is 101 Å². The molecular weight excluding hydrogens is 426 g/mol. The average Bonchev–Trinajstić information content (AvgIpc) is 3.37. The summed E-state index contributed by atoms with van der Waals surface area (Å²) in [5, 5.41) is 3.72. The molecule has 0 radical (unpaired) electrons. The van der Waals surface area contributed by atoms with E-state index in [0.717, 1.165) is 28.5 Å². The van der Waals surface area contributed by atoms with Crippen LogP contribution in [0.25, 0.3) is 11.0 Å². The number of nitrogens with zero attached hydrogens (tertiary/aromatic N) is 1. The Bertz CT molecular complexity index is 1310. The van der Waals surface area contributed by atoms with Gasteiger partial charge in [-0.3, -0.25) is 14.5 Å². The third kappa shape index (κ3) is 4.70. The van der Waals surface area contributed by atoms with Crippen molar-refractivity contribution in [1.29, 1.82) is 0 Å². The van der Waals surface area contributed by atoms with Gasteiger partial charge in [-0.1, -0.05) is 19.9 Å². The number of aliphatic imine (C=N–C) groups is 1. The Kier molecular flexibility index (Phi) is 6.06. The van der Waals surface area contributed by atoms with E-state index in [4.69, 9.17) is 4.42 Å². The molecule has 2 aromatic carbocycles. The number of anilines is 1. The van der Waals surface area contributed by atoms with Crippen molar-refractivity contribution >= 4 is 38.4 Å². The molecule has 2 heterocycles. The number of rotatable bonds is 6. The average molecular weight is 454 g/mol. The van der Waals surface area contributed by atoms with Crippen molar-refractivity contribution in [2.45, 2.75) is 50.8 Å². The number of aryl methyl sites for hydroxylation is 1. The molecule has 0 aliphatic carbocycles. The molecule has 1 aromatic heterocycles. The Labute approximate surface area is 188 Å². The van der Waals surface area contributed by atoms with E-state index in [1.807, 2.05) is 6.07 Å². The molecule has 0 bridgehead atoms. The van der Waals surface area contributed by atoms with Gasteiger partial charge in [-0.25, -0.2) is 8.42 Å². The van der Waals surface area contributed by atoms with Crippen molar-refractivity contribution in [3.8, 4) is 0 Å². The van der Waals surface area contributed by atoms with Gasteiger partial charge < -0.3 is 9.73 Å². The molecule has 8 heteroatoms. The van der Waals surface area contributed by atoms with E-state index in [1.165, 1.54) is 17.7 Å². The van der Waals surface area contributed by atoms with E-state index in [2.05, 4.69) is 41.9 Å². The first kappa shape index (κ1) is 22.1. The molecule has 32 heavy (non-hydrogen) atoms. The molecule has 3 aromatic rings. The van der Waals surface area contributed by atoms with Crippen LogP contribution in [0, 0.1) is 6.92 Å².